The van der Waals surface area contributed by atoms with Crippen LogP contribution in [0.5, 0.6) is 0 Å². The van der Waals surface area contributed by atoms with Crippen LogP contribution < -0.4 is 11.3 Å². The van der Waals surface area contributed by atoms with E-state index in [1.165, 1.54) is 0 Å². The molecule has 0 saturated carbocycles. The van der Waals surface area contributed by atoms with Crippen molar-refractivity contribution < 1.29 is 0 Å². The Morgan fingerprint density at radius 3 is 2.88 bits per heavy atom. The van der Waals surface area contributed by atoms with Crippen LogP contribution in [0.25, 0.3) is 0 Å². The Balaban J connectivity index is 2.21. The number of hydrogen-bond acceptors (Lipinski definition) is 4. The van der Waals surface area contributed by atoms with Gasteiger partial charge in [0.2, 0.25) is 0 Å². The van der Waals surface area contributed by atoms with E-state index in [9.17, 15) is 0 Å². The quantitative estimate of drug-likeness (QED) is 0.671. The van der Waals surface area contributed by atoms with E-state index in [0.717, 1.165) is 10.4 Å². The highest BCUT2D eigenvalue weighted by molar-refractivity contribution is 7.09. The van der Waals surface area contributed by atoms with E-state index in [2.05, 4.69) is 10.4 Å². The average molecular weight is 288 g/mol. The van der Waals surface area contributed by atoms with Crippen LogP contribution in [0.15, 0.2) is 29.9 Å². The van der Waals surface area contributed by atoms with Crippen molar-refractivity contribution in [1.29, 1.82) is 0 Å². The van der Waals surface area contributed by atoms with Crippen molar-refractivity contribution in [1.82, 2.24) is 10.4 Å². The van der Waals surface area contributed by atoms with Gasteiger partial charge in [-0.2, -0.15) is 0 Å². The molecule has 0 bridgehead atoms. The van der Waals surface area contributed by atoms with Crippen LogP contribution in [0.1, 0.15) is 16.5 Å². The Bertz CT molecular complexity index is 487. The fourth-order valence-corrected chi connectivity index (χ4v) is 2.63. The number of benzene rings is 1. The van der Waals surface area contributed by atoms with Crippen molar-refractivity contribution in [3.8, 4) is 0 Å². The maximum absolute atomic E-state index is 6.12. The maximum Gasteiger partial charge on any atom is 0.0794 e. The molecule has 0 radical (unpaired) electrons. The summed E-state index contributed by atoms with van der Waals surface area (Å²) >= 11 is 13.6. The summed E-state index contributed by atoms with van der Waals surface area (Å²) in [4.78, 5) is 5.11. The van der Waals surface area contributed by atoms with Crippen molar-refractivity contribution >= 4 is 34.5 Å². The summed E-state index contributed by atoms with van der Waals surface area (Å²) in [6, 6.07) is 5.41. The van der Waals surface area contributed by atoms with Gasteiger partial charge in [0.15, 0.2) is 0 Å². The van der Waals surface area contributed by atoms with Crippen molar-refractivity contribution in [2.24, 2.45) is 5.84 Å². The number of hydrazine groups is 1. The number of nitrogens with two attached hydrogens (primary N) is 1. The van der Waals surface area contributed by atoms with Crippen LogP contribution >= 0.6 is 34.5 Å². The van der Waals surface area contributed by atoms with Crippen molar-refractivity contribution in [3.05, 3.63) is 50.4 Å². The summed E-state index contributed by atoms with van der Waals surface area (Å²) in [7, 11) is 0. The first-order valence-corrected chi connectivity index (χ1v) is 6.62. The van der Waals surface area contributed by atoms with Gasteiger partial charge in [-0.05, 0) is 30.2 Å². The lowest BCUT2D eigenvalue weighted by molar-refractivity contribution is 0.560. The lowest BCUT2D eigenvalue weighted by Crippen LogP contribution is -2.29. The fraction of sp³-hybridized carbons (Fsp3) is 0.182. The minimum Gasteiger partial charge on any atom is -0.271 e. The van der Waals surface area contributed by atoms with Crippen LogP contribution in [0.4, 0.5) is 0 Å². The van der Waals surface area contributed by atoms with Crippen LogP contribution in [0.3, 0.4) is 0 Å². The fourth-order valence-electron chi connectivity index (χ4n) is 1.56. The predicted molar refractivity (Wildman–Crippen MR) is 72.3 cm³/mol. The monoisotopic (exact) mass is 287 g/mol. The number of thiazole rings is 1. The Hall–Kier alpha value is -0.650. The van der Waals surface area contributed by atoms with Crippen LogP contribution in [-0.4, -0.2) is 4.98 Å². The zero-order valence-corrected chi connectivity index (χ0v) is 11.2. The molecule has 3 nitrogen and oxygen atoms in total. The van der Waals surface area contributed by atoms with Gasteiger partial charge in [-0.15, -0.1) is 11.3 Å². The molecule has 6 heteroatoms. The summed E-state index contributed by atoms with van der Waals surface area (Å²) in [6.45, 7) is 0. The Labute approximate surface area is 114 Å². The van der Waals surface area contributed by atoms with Gasteiger partial charge in [0.05, 0.1) is 11.6 Å². The number of hydrogen-bond donors (Lipinski definition) is 2. The first-order valence-electron chi connectivity index (χ1n) is 4.99. The van der Waals surface area contributed by atoms with Gasteiger partial charge in [-0.25, -0.2) is 0 Å². The molecule has 2 rings (SSSR count). The topological polar surface area (TPSA) is 50.9 Å². The molecule has 17 heavy (non-hydrogen) atoms. The maximum atomic E-state index is 6.12. The predicted octanol–water partition coefficient (Wildman–Crippen LogP) is 3.20. The van der Waals surface area contributed by atoms with E-state index in [1.54, 1.807) is 35.2 Å². The molecule has 0 spiro atoms. The Morgan fingerprint density at radius 1 is 1.41 bits per heavy atom. The standard InChI is InChI=1S/C11H11Cl2N3S/c12-8-1-2-9(13)7(3-8)4-10(16-14)11-5-15-6-17-11/h1-3,5-6,10,16H,4,14H2. The molecule has 2 aromatic rings. The highest BCUT2D eigenvalue weighted by Gasteiger charge is 2.14. The largest absolute Gasteiger partial charge is 0.271 e. The normalized spacial score (nSPS) is 12.6. The summed E-state index contributed by atoms with van der Waals surface area (Å²) in [5.74, 6) is 5.55. The molecular formula is C11H11Cl2N3S. The summed E-state index contributed by atoms with van der Waals surface area (Å²) in [5.41, 5.74) is 5.51. The minimum atomic E-state index is -0.00142. The molecule has 3 N–H and O–H groups in total. The van der Waals surface area contributed by atoms with Gasteiger partial charge in [-0.1, -0.05) is 23.2 Å². The molecule has 1 aromatic heterocycles. The van der Waals surface area contributed by atoms with Crippen LogP contribution in [0.2, 0.25) is 10.0 Å². The number of rotatable bonds is 4. The summed E-state index contributed by atoms with van der Waals surface area (Å²) < 4.78 is 0. The first kappa shape index (κ1) is 12.8. The van der Waals surface area contributed by atoms with Crippen molar-refractivity contribution in [2.75, 3.05) is 0 Å². The zero-order chi connectivity index (χ0) is 12.3. The van der Waals surface area contributed by atoms with E-state index in [4.69, 9.17) is 29.0 Å². The SMILES string of the molecule is NNC(Cc1cc(Cl)ccc1Cl)c1cncs1. The zero-order valence-electron chi connectivity index (χ0n) is 8.86. The smallest absolute Gasteiger partial charge is 0.0794 e. The second-order valence-electron chi connectivity index (χ2n) is 3.56. The third-order valence-electron chi connectivity index (χ3n) is 2.43. The molecule has 0 amide bonds. The summed E-state index contributed by atoms with van der Waals surface area (Å²) in [6.07, 6.45) is 2.48. The van der Waals surface area contributed by atoms with E-state index in [-0.39, 0.29) is 6.04 Å². The molecule has 0 aliphatic heterocycles. The molecule has 1 heterocycles. The Morgan fingerprint density at radius 2 is 2.24 bits per heavy atom. The van der Waals surface area contributed by atoms with Gasteiger partial charge < -0.3 is 0 Å². The first-order chi connectivity index (χ1) is 8.20. The highest BCUT2D eigenvalue weighted by atomic mass is 35.5. The summed E-state index contributed by atoms with van der Waals surface area (Å²) in [5, 5.41) is 1.36. The molecule has 1 unspecified atom stereocenters. The highest BCUT2D eigenvalue weighted by Crippen LogP contribution is 2.27. The molecule has 0 fully saturated rings. The number of aromatic nitrogens is 1. The lowest BCUT2D eigenvalue weighted by Gasteiger charge is -2.14. The second-order valence-corrected chi connectivity index (χ2v) is 5.32. The molecule has 0 aliphatic carbocycles. The molecule has 0 aliphatic rings. The van der Waals surface area contributed by atoms with E-state index in [1.807, 2.05) is 6.07 Å². The molecule has 0 saturated heterocycles. The van der Waals surface area contributed by atoms with Gasteiger partial charge in [0.1, 0.15) is 0 Å². The number of nitrogens with zero attached hydrogens (tertiary/aromatic N) is 1. The third kappa shape index (κ3) is 3.18. The molecule has 1 aromatic carbocycles. The minimum absolute atomic E-state index is 0.00142. The average Bonchev–Trinajstić information content (AvgIpc) is 2.84. The van der Waals surface area contributed by atoms with Crippen LogP contribution in [-0.2, 0) is 6.42 Å². The van der Waals surface area contributed by atoms with Crippen molar-refractivity contribution in [3.63, 3.8) is 0 Å². The van der Waals surface area contributed by atoms with Gasteiger partial charge >= 0.3 is 0 Å². The molecular weight excluding hydrogens is 277 g/mol. The molecule has 1 atom stereocenters. The third-order valence-corrected chi connectivity index (χ3v) is 3.92. The van der Waals surface area contributed by atoms with E-state index in [0.29, 0.717) is 16.5 Å². The van der Waals surface area contributed by atoms with Crippen LogP contribution in [0, 0.1) is 0 Å². The van der Waals surface area contributed by atoms with E-state index >= 15 is 0 Å². The lowest BCUT2D eigenvalue weighted by atomic mass is 10.1. The number of nitrogens with one attached hydrogen (secondary N) is 1. The van der Waals surface area contributed by atoms with Gasteiger partial charge in [0, 0.05) is 21.1 Å². The van der Waals surface area contributed by atoms with Crippen molar-refractivity contribution in [2.45, 2.75) is 12.5 Å². The Kier molecular flexibility index (Phi) is 4.36. The van der Waals surface area contributed by atoms with E-state index < -0.39 is 0 Å². The second kappa shape index (κ2) is 5.80. The molecule has 90 valence electrons. The number of halogens is 2. The van der Waals surface area contributed by atoms with Gasteiger partial charge in [-0.3, -0.25) is 16.3 Å². The van der Waals surface area contributed by atoms with Gasteiger partial charge in [0.25, 0.3) is 0 Å².